The van der Waals surface area contributed by atoms with Crippen molar-refractivity contribution in [3.05, 3.63) is 0 Å². The highest BCUT2D eigenvalue weighted by molar-refractivity contribution is 8.00. The molecule has 1 atom stereocenters. The van der Waals surface area contributed by atoms with Gasteiger partial charge in [0.1, 0.15) is 16.9 Å². The Morgan fingerprint density at radius 1 is 1.38 bits per heavy atom. The van der Waals surface area contributed by atoms with E-state index in [9.17, 15) is 9.90 Å². The van der Waals surface area contributed by atoms with Crippen molar-refractivity contribution in [3.8, 4) is 0 Å². The molecule has 3 nitrogen and oxygen atoms in total. The standard InChI is InChI=1S/C9H15NO2S/c11-8(12)7-6-13-9(10-7)4-2-1-3-5-9/h7,10H,1-6H2,(H,11,12)/t7-/m1/s1. The van der Waals surface area contributed by atoms with E-state index >= 15 is 0 Å². The number of hydrogen-bond donors (Lipinski definition) is 1. The average molecular weight is 201 g/mol. The van der Waals surface area contributed by atoms with Gasteiger partial charge in [0, 0.05) is 12.8 Å². The fourth-order valence-corrected chi connectivity index (χ4v) is 3.90. The van der Waals surface area contributed by atoms with Crippen LogP contribution in [0, 0.1) is 0 Å². The largest absolute Gasteiger partial charge is 0.544 e. The highest BCUT2D eigenvalue weighted by atomic mass is 32.2. The summed E-state index contributed by atoms with van der Waals surface area (Å²) in [6.07, 6.45) is 6.15. The Morgan fingerprint density at radius 2 is 2.08 bits per heavy atom. The van der Waals surface area contributed by atoms with Crippen molar-refractivity contribution < 1.29 is 15.2 Å². The third-order valence-corrected chi connectivity index (χ3v) is 4.70. The molecular weight excluding hydrogens is 186 g/mol. The second-order valence-electron chi connectivity index (χ2n) is 4.03. The van der Waals surface area contributed by atoms with Gasteiger partial charge in [0.05, 0.1) is 5.75 Å². The van der Waals surface area contributed by atoms with Crippen molar-refractivity contribution in [3.63, 3.8) is 0 Å². The Balaban J connectivity index is 1.98. The smallest absolute Gasteiger partial charge is 0.143 e. The van der Waals surface area contributed by atoms with Crippen molar-refractivity contribution >= 4 is 17.7 Å². The second kappa shape index (κ2) is 3.50. The van der Waals surface area contributed by atoms with E-state index in [1.165, 1.54) is 32.1 Å². The molecule has 74 valence electrons. The van der Waals surface area contributed by atoms with Gasteiger partial charge in [-0.25, -0.2) is 0 Å². The molecular formula is C9H15NO2S. The molecule has 0 radical (unpaired) electrons. The normalized spacial score (nSPS) is 32.2. The maximum Gasteiger partial charge on any atom is 0.143 e. The Hall–Kier alpha value is -0.220. The molecule has 2 aliphatic rings. The van der Waals surface area contributed by atoms with Crippen LogP contribution in [0.25, 0.3) is 0 Å². The Morgan fingerprint density at radius 3 is 2.62 bits per heavy atom. The first kappa shape index (κ1) is 9.34. The molecule has 2 fully saturated rings. The lowest BCUT2D eigenvalue weighted by molar-refractivity contribution is -0.719. The van der Waals surface area contributed by atoms with Crippen LogP contribution in [0.3, 0.4) is 0 Å². The monoisotopic (exact) mass is 201 g/mol. The summed E-state index contributed by atoms with van der Waals surface area (Å²) in [4.78, 5) is 10.9. The molecule has 0 aromatic heterocycles. The van der Waals surface area contributed by atoms with Crippen molar-refractivity contribution in [1.82, 2.24) is 0 Å². The molecule has 4 heteroatoms. The summed E-state index contributed by atoms with van der Waals surface area (Å²) in [5, 5.41) is 12.7. The van der Waals surface area contributed by atoms with E-state index in [1.807, 2.05) is 17.1 Å². The third kappa shape index (κ3) is 1.83. The lowest BCUT2D eigenvalue weighted by Crippen LogP contribution is -2.99. The van der Waals surface area contributed by atoms with Crippen LogP contribution in [0.5, 0.6) is 0 Å². The van der Waals surface area contributed by atoms with Crippen LogP contribution < -0.4 is 10.4 Å². The van der Waals surface area contributed by atoms with Gasteiger partial charge in [-0.15, -0.1) is 0 Å². The lowest BCUT2D eigenvalue weighted by Gasteiger charge is -2.29. The van der Waals surface area contributed by atoms with E-state index in [1.54, 1.807) is 0 Å². The molecule has 0 unspecified atom stereocenters. The summed E-state index contributed by atoms with van der Waals surface area (Å²) < 4.78 is 0. The van der Waals surface area contributed by atoms with E-state index in [4.69, 9.17) is 0 Å². The zero-order valence-corrected chi connectivity index (χ0v) is 8.44. The molecule has 13 heavy (non-hydrogen) atoms. The summed E-state index contributed by atoms with van der Waals surface area (Å²) in [7, 11) is 0. The number of aliphatic carboxylic acids is 1. The molecule has 1 aliphatic heterocycles. The number of thioether (sulfide) groups is 1. The third-order valence-electron chi connectivity index (χ3n) is 3.06. The van der Waals surface area contributed by atoms with Gasteiger partial charge in [0.25, 0.3) is 0 Å². The Bertz CT molecular complexity index is 214. The first-order chi connectivity index (χ1) is 6.22. The summed E-state index contributed by atoms with van der Waals surface area (Å²) >= 11 is 1.83. The molecule has 0 aromatic carbocycles. The van der Waals surface area contributed by atoms with Crippen LogP contribution in [0.2, 0.25) is 0 Å². The molecule has 1 spiro atoms. The highest BCUT2D eigenvalue weighted by Gasteiger charge is 2.44. The van der Waals surface area contributed by atoms with Gasteiger partial charge in [0.15, 0.2) is 0 Å². The molecule has 2 N–H and O–H groups in total. The van der Waals surface area contributed by atoms with E-state index in [0.29, 0.717) is 0 Å². The SMILES string of the molecule is O=C([O-])[C@H]1CSC2(CCCCC2)[NH2+]1. The highest BCUT2D eigenvalue weighted by Crippen LogP contribution is 2.37. The average Bonchev–Trinajstić information content (AvgIpc) is 2.51. The van der Waals surface area contributed by atoms with Crippen LogP contribution in [-0.4, -0.2) is 22.6 Å². The zero-order valence-electron chi connectivity index (χ0n) is 7.62. The predicted molar refractivity (Wildman–Crippen MR) is 49.0 cm³/mol. The van der Waals surface area contributed by atoms with Crippen molar-refractivity contribution in [2.24, 2.45) is 0 Å². The summed E-state index contributed by atoms with van der Waals surface area (Å²) in [5.74, 6) is -0.169. The van der Waals surface area contributed by atoms with Gasteiger partial charge < -0.3 is 15.2 Å². The number of hydrogen-bond acceptors (Lipinski definition) is 3. The number of carbonyl (C=O) groups excluding carboxylic acids is 1. The number of carbonyl (C=O) groups is 1. The predicted octanol–water partition coefficient (Wildman–Crippen LogP) is -0.924. The number of nitrogens with two attached hydrogens (primary N) is 1. The fourth-order valence-electron chi connectivity index (χ4n) is 2.32. The summed E-state index contributed by atoms with van der Waals surface area (Å²) in [5.41, 5.74) is 0. The molecule has 1 aliphatic carbocycles. The van der Waals surface area contributed by atoms with E-state index in [-0.39, 0.29) is 10.9 Å². The molecule has 2 rings (SSSR count). The Kier molecular flexibility index (Phi) is 2.51. The number of carboxylic acid groups (broad SMARTS) is 1. The molecule has 1 heterocycles. The van der Waals surface area contributed by atoms with Gasteiger partial charge in [-0.3, -0.25) is 0 Å². The van der Waals surface area contributed by atoms with E-state index in [0.717, 1.165) is 5.75 Å². The van der Waals surface area contributed by atoms with Crippen LogP contribution in [-0.2, 0) is 4.79 Å². The van der Waals surface area contributed by atoms with Crippen molar-refractivity contribution in [1.29, 1.82) is 0 Å². The summed E-state index contributed by atoms with van der Waals surface area (Å²) in [6, 6.07) is -0.303. The minimum absolute atomic E-state index is 0.197. The van der Waals surface area contributed by atoms with Gasteiger partial charge in [0.2, 0.25) is 0 Å². The van der Waals surface area contributed by atoms with Gasteiger partial charge in [-0.1, -0.05) is 18.2 Å². The topological polar surface area (TPSA) is 56.7 Å². The van der Waals surface area contributed by atoms with Crippen molar-refractivity contribution in [2.45, 2.75) is 43.0 Å². The molecule has 1 saturated carbocycles. The fraction of sp³-hybridized carbons (Fsp3) is 0.889. The molecule has 1 saturated heterocycles. The zero-order chi connectivity index (χ0) is 9.31. The lowest BCUT2D eigenvalue weighted by atomic mass is 9.94. The minimum Gasteiger partial charge on any atom is -0.544 e. The molecule has 0 aromatic rings. The number of quaternary nitrogens is 1. The van der Waals surface area contributed by atoms with Crippen LogP contribution in [0.1, 0.15) is 32.1 Å². The number of rotatable bonds is 1. The van der Waals surface area contributed by atoms with Crippen LogP contribution >= 0.6 is 11.8 Å². The van der Waals surface area contributed by atoms with Gasteiger partial charge in [-0.05, 0) is 12.8 Å². The first-order valence-electron chi connectivity index (χ1n) is 4.93. The van der Waals surface area contributed by atoms with E-state index < -0.39 is 5.97 Å². The van der Waals surface area contributed by atoms with Gasteiger partial charge in [-0.2, -0.15) is 0 Å². The van der Waals surface area contributed by atoms with Gasteiger partial charge >= 0.3 is 0 Å². The summed E-state index contributed by atoms with van der Waals surface area (Å²) in [6.45, 7) is 0. The maximum absolute atomic E-state index is 10.7. The van der Waals surface area contributed by atoms with Crippen LogP contribution in [0.4, 0.5) is 0 Å². The van der Waals surface area contributed by atoms with E-state index in [2.05, 4.69) is 0 Å². The first-order valence-corrected chi connectivity index (χ1v) is 5.91. The quantitative estimate of drug-likeness (QED) is 0.596. The Labute approximate surface area is 82.3 Å². The maximum atomic E-state index is 10.7. The molecule has 0 amide bonds. The van der Waals surface area contributed by atoms with Crippen LogP contribution in [0.15, 0.2) is 0 Å². The van der Waals surface area contributed by atoms with Crippen molar-refractivity contribution in [2.75, 3.05) is 5.75 Å². The second-order valence-corrected chi connectivity index (χ2v) is 5.46. The number of carboxylic acids is 1. The minimum atomic E-state index is -0.894. The molecule has 0 bridgehead atoms.